The third kappa shape index (κ3) is 4.53. The van der Waals surface area contributed by atoms with E-state index in [2.05, 4.69) is 11.4 Å². The highest BCUT2D eigenvalue weighted by atomic mass is 35.5. The average molecular weight is 282 g/mol. The maximum Gasteiger partial charge on any atom is 0.138 e. The summed E-state index contributed by atoms with van der Waals surface area (Å²) in [6.45, 7) is 3.21. The molecular weight excluding hydrogens is 262 g/mol. The van der Waals surface area contributed by atoms with Gasteiger partial charge in [-0.2, -0.15) is 0 Å². The van der Waals surface area contributed by atoms with Gasteiger partial charge in [0.25, 0.3) is 0 Å². The van der Waals surface area contributed by atoms with Gasteiger partial charge in [-0.3, -0.25) is 0 Å². The highest BCUT2D eigenvalue weighted by Crippen LogP contribution is 2.27. The molecule has 19 heavy (non-hydrogen) atoms. The number of piperidine rings is 1. The highest BCUT2D eigenvalue weighted by molar-refractivity contribution is 6.32. The van der Waals surface area contributed by atoms with Crippen LogP contribution in [0.4, 0.5) is 0 Å². The topological polar surface area (TPSA) is 30.5 Å². The van der Waals surface area contributed by atoms with Gasteiger partial charge in [-0.25, -0.2) is 0 Å². The average Bonchev–Trinajstić information content (AvgIpc) is 2.44. The lowest BCUT2D eigenvalue weighted by atomic mass is 10.0. The van der Waals surface area contributed by atoms with E-state index >= 15 is 0 Å². The van der Waals surface area contributed by atoms with Gasteiger partial charge in [0.15, 0.2) is 0 Å². The van der Waals surface area contributed by atoms with E-state index in [0.29, 0.717) is 18.2 Å². The predicted molar refractivity (Wildman–Crippen MR) is 78.9 cm³/mol. The summed E-state index contributed by atoms with van der Waals surface area (Å²) in [5.74, 6) is 0.724. The molecule has 3 nitrogen and oxygen atoms in total. The van der Waals surface area contributed by atoms with E-state index in [4.69, 9.17) is 21.1 Å². The van der Waals surface area contributed by atoms with Gasteiger partial charge in [0.05, 0.1) is 11.6 Å². The maximum absolute atomic E-state index is 6.12. The van der Waals surface area contributed by atoms with Crippen LogP contribution in [-0.4, -0.2) is 33.4 Å². The third-order valence-corrected chi connectivity index (χ3v) is 3.43. The lowest BCUT2D eigenvalue weighted by Gasteiger charge is -2.15. The van der Waals surface area contributed by atoms with Crippen molar-refractivity contribution in [3.8, 4) is 5.75 Å². The van der Waals surface area contributed by atoms with Gasteiger partial charge in [-0.15, -0.1) is 0 Å². The Balaban J connectivity index is 2.06. The molecule has 0 bridgehead atoms. The second-order valence-electron chi connectivity index (χ2n) is 4.58. The molecule has 0 amide bonds. The maximum atomic E-state index is 6.12. The molecule has 1 aromatic carbocycles. The van der Waals surface area contributed by atoms with E-state index in [0.717, 1.165) is 37.2 Å². The molecule has 1 aromatic rings. The Bertz CT molecular complexity index is 438. The molecule has 0 spiro atoms. The van der Waals surface area contributed by atoms with Crippen molar-refractivity contribution in [2.24, 2.45) is 0 Å². The SMILES string of the molecule is COCCOc1cc(C=C2CCNCC2)ccc1Cl. The third-order valence-electron chi connectivity index (χ3n) is 3.12. The molecule has 0 atom stereocenters. The van der Waals surface area contributed by atoms with E-state index in [1.807, 2.05) is 18.2 Å². The molecule has 104 valence electrons. The number of ether oxygens (including phenoxy) is 2. The van der Waals surface area contributed by atoms with Crippen LogP contribution in [0.1, 0.15) is 18.4 Å². The van der Waals surface area contributed by atoms with Gasteiger partial charge in [0, 0.05) is 7.11 Å². The first-order valence-electron chi connectivity index (χ1n) is 6.61. The number of nitrogens with one attached hydrogen (secondary N) is 1. The zero-order chi connectivity index (χ0) is 13.5. The van der Waals surface area contributed by atoms with Crippen molar-refractivity contribution in [1.82, 2.24) is 5.32 Å². The molecule has 2 rings (SSSR count). The summed E-state index contributed by atoms with van der Waals surface area (Å²) in [4.78, 5) is 0. The minimum absolute atomic E-state index is 0.514. The van der Waals surface area contributed by atoms with Crippen LogP contribution in [0.25, 0.3) is 6.08 Å². The van der Waals surface area contributed by atoms with E-state index < -0.39 is 0 Å². The minimum Gasteiger partial charge on any atom is -0.490 e. The summed E-state index contributed by atoms with van der Waals surface area (Å²) in [6, 6.07) is 5.91. The van der Waals surface area contributed by atoms with Crippen molar-refractivity contribution < 1.29 is 9.47 Å². The molecule has 1 aliphatic heterocycles. The Kier molecular flexibility index (Phi) is 5.70. The van der Waals surface area contributed by atoms with Gasteiger partial charge >= 0.3 is 0 Å². The molecule has 1 heterocycles. The van der Waals surface area contributed by atoms with E-state index in [9.17, 15) is 0 Å². The Morgan fingerprint density at radius 2 is 2.05 bits per heavy atom. The second-order valence-corrected chi connectivity index (χ2v) is 4.99. The Hall–Kier alpha value is -1.03. The van der Waals surface area contributed by atoms with Gasteiger partial charge < -0.3 is 14.8 Å². The zero-order valence-electron chi connectivity index (χ0n) is 11.2. The number of benzene rings is 1. The summed E-state index contributed by atoms with van der Waals surface area (Å²) in [5.41, 5.74) is 2.62. The fourth-order valence-corrected chi connectivity index (χ4v) is 2.26. The molecule has 1 saturated heterocycles. The molecule has 0 saturated carbocycles. The highest BCUT2D eigenvalue weighted by Gasteiger charge is 2.06. The predicted octanol–water partition coefficient (Wildman–Crippen LogP) is 3.13. The van der Waals surface area contributed by atoms with Crippen LogP contribution < -0.4 is 10.1 Å². The van der Waals surface area contributed by atoms with Crippen molar-refractivity contribution in [3.05, 3.63) is 34.4 Å². The molecule has 0 aromatic heterocycles. The van der Waals surface area contributed by atoms with Crippen LogP contribution >= 0.6 is 11.6 Å². The van der Waals surface area contributed by atoms with Crippen LogP contribution in [0, 0.1) is 0 Å². The van der Waals surface area contributed by atoms with E-state index in [-0.39, 0.29) is 0 Å². The first-order valence-corrected chi connectivity index (χ1v) is 6.99. The standard InChI is InChI=1S/C15H20ClNO2/c1-18-8-9-19-15-11-13(2-3-14(15)16)10-12-4-6-17-7-5-12/h2-3,10-11,17H,4-9H2,1H3. The van der Waals surface area contributed by atoms with Gasteiger partial charge in [-0.1, -0.05) is 29.3 Å². The zero-order valence-corrected chi connectivity index (χ0v) is 12.0. The van der Waals surface area contributed by atoms with Gasteiger partial charge in [0.1, 0.15) is 12.4 Å². The molecule has 1 aliphatic rings. The number of rotatable bonds is 5. The number of methoxy groups -OCH3 is 1. The van der Waals surface area contributed by atoms with Crippen molar-refractivity contribution in [1.29, 1.82) is 0 Å². The Labute approximate surface area is 119 Å². The largest absolute Gasteiger partial charge is 0.490 e. The van der Waals surface area contributed by atoms with E-state index in [1.165, 1.54) is 5.57 Å². The lowest BCUT2D eigenvalue weighted by Crippen LogP contribution is -2.22. The molecule has 1 N–H and O–H groups in total. The van der Waals surface area contributed by atoms with Gasteiger partial charge in [-0.05, 0) is 43.6 Å². The number of hydrogen-bond donors (Lipinski definition) is 1. The molecule has 0 unspecified atom stereocenters. The Morgan fingerprint density at radius 3 is 2.79 bits per heavy atom. The summed E-state index contributed by atoms with van der Waals surface area (Å²) < 4.78 is 10.6. The fraction of sp³-hybridized carbons (Fsp3) is 0.467. The van der Waals surface area contributed by atoms with Crippen LogP contribution in [0.5, 0.6) is 5.75 Å². The minimum atomic E-state index is 0.514. The Morgan fingerprint density at radius 1 is 1.26 bits per heavy atom. The van der Waals surface area contributed by atoms with Crippen molar-refractivity contribution in [2.45, 2.75) is 12.8 Å². The van der Waals surface area contributed by atoms with Crippen LogP contribution in [-0.2, 0) is 4.74 Å². The normalized spacial score (nSPS) is 15.4. The summed E-state index contributed by atoms with van der Waals surface area (Å²) >= 11 is 6.12. The molecule has 1 fully saturated rings. The van der Waals surface area contributed by atoms with Crippen molar-refractivity contribution >= 4 is 17.7 Å². The quantitative estimate of drug-likeness (QED) is 0.841. The van der Waals surface area contributed by atoms with Crippen LogP contribution in [0.3, 0.4) is 0 Å². The van der Waals surface area contributed by atoms with Crippen molar-refractivity contribution in [3.63, 3.8) is 0 Å². The summed E-state index contributed by atoms with van der Waals surface area (Å²) in [6.07, 6.45) is 4.46. The fourth-order valence-electron chi connectivity index (χ4n) is 2.08. The number of halogens is 1. The van der Waals surface area contributed by atoms with Crippen molar-refractivity contribution in [2.75, 3.05) is 33.4 Å². The molecular formula is C15H20ClNO2. The smallest absolute Gasteiger partial charge is 0.138 e. The first kappa shape index (κ1) is 14.4. The molecule has 0 radical (unpaired) electrons. The second kappa shape index (κ2) is 7.53. The van der Waals surface area contributed by atoms with E-state index in [1.54, 1.807) is 7.11 Å². The summed E-state index contributed by atoms with van der Waals surface area (Å²) in [7, 11) is 1.66. The monoisotopic (exact) mass is 281 g/mol. The molecule has 4 heteroatoms. The van der Waals surface area contributed by atoms with Crippen LogP contribution in [0.2, 0.25) is 5.02 Å². The lowest BCUT2D eigenvalue weighted by molar-refractivity contribution is 0.146. The first-order chi connectivity index (χ1) is 9.29. The summed E-state index contributed by atoms with van der Waals surface area (Å²) in [5, 5.41) is 4.00. The number of hydrogen-bond acceptors (Lipinski definition) is 3. The van der Waals surface area contributed by atoms with Gasteiger partial charge in [0.2, 0.25) is 0 Å². The molecule has 0 aliphatic carbocycles. The van der Waals surface area contributed by atoms with Crippen LogP contribution in [0.15, 0.2) is 23.8 Å².